The van der Waals surface area contributed by atoms with E-state index in [1.807, 2.05) is 20.0 Å². The second kappa shape index (κ2) is 8.77. The minimum absolute atomic E-state index is 0.146. The largest absolute Gasteiger partial charge is 0.375 e. The lowest BCUT2D eigenvalue weighted by atomic mass is 10.2. The van der Waals surface area contributed by atoms with Crippen molar-refractivity contribution < 1.29 is 14.3 Å². The fraction of sp³-hybridized carbons (Fsp3) is 0.750. The number of nitrogens with zero attached hydrogens (tertiary/aromatic N) is 3. The first kappa shape index (κ1) is 14.8. The summed E-state index contributed by atoms with van der Waals surface area (Å²) in [7, 11) is 0. The molecule has 0 spiro atoms. The number of carbonyl (C=O) groups is 1. The van der Waals surface area contributed by atoms with E-state index in [1.165, 1.54) is 0 Å². The number of ketones is 1. The van der Waals surface area contributed by atoms with Crippen LogP contribution in [0.25, 0.3) is 0 Å². The van der Waals surface area contributed by atoms with Crippen LogP contribution in [-0.2, 0) is 27.4 Å². The fourth-order valence-corrected chi connectivity index (χ4v) is 1.42. The molecule has 102 valence electrons. The van der Waals surface area contributed by atoms with Gasteiger partial charge in [0.15, 0.2) is 5.78 Å². The van der Waals surface area contributed by atoms with E-state index in [0.29, 0.717) is 32.8 Å². The molecule has 0 N–H and O–H groups in total. The van der Waals surface area contributed by atoms with Crippen LogP contribution in [0.3, 0.4) is 0 Å². The van der Waals surface area contributed by atoms with Gasteiger partial charge in [0.25, 0.3) is 0 Å². The molecule has 6 nitrogen and oxygen atoms in total. The number of rotatable bonds is 10. The molecule has 0 saturated heterocycles. The van der Waals surface area contributed by atoms with Gasteiger partial charge in [0, 0.05) is 13.0 Å². The quantitative estimate of drug-likeness (QED) is 0.588. The van der Waals surface area contributed by atoms with Gasteiger partial charge in [0.1, 0.15) is 12.3 Å². The topological polar surface area (TPSA) is 66.2 Å². The average molecular weight is 255 g/mol. The van der Waals surface area contributed by atoms with Crippen LogP contribution >= 0.6 is 0 Å². The molecule has 1 aromatic rings. The van der Waals surface area contributed by atoms with Gasteiger partial charge in [-0.2, -0.15) is 0 Å². The third-order valence-electron chi connectivity index (χ3n) is 2.30. The Morgan fingerprint density at radius 3 is 2.94 bits per heavy atom. The van der Waals surface area contributed by atoms with Crippen LogP contribution in [0.5, 0.6) is 0 Å². The molecule has 18 heavy (non-hydrogen) atoms. The molecule has 0 aromatic carbocycles. The standard InChI is InChI=1S/C12H21N3O3/c1-3-5-12(16)10-18-7-6-15-8-11(13-14-15)9-17-4-2/h8H,3-7,9-10H2,1-2H3. The van der Waals surface area contributed by atoms with Crippen LogP contribution in [0, 0.1) is 0 Å². The molecule has 0 unspecified atom stereocenters. The monoisotopic (exact) mass is 255 g/mol. The van der Waals surface area contributed by atoms with E-state index >= 15 is 0 Å². The summed E-state index contributed by atoms with van der Waals surface area (Å²) in [5.41, 5.74) is 0.805. The lowest BCUT2D eigenvalue weighted by Gasteiger charge is -2.02. The lowest BCUT2D eigenvalue weighted by molar-refractivity contribution is -0.123. The number of Topliss-reactive ketones (excluding diaryl/α,β-unsaturated/α-hetero) is 1. The summed E-state index contributed by atoms with van der Waals surface area (Å²) in [6, 6.07) is 0. The zero-order valence-corrected chi connectivity index (χ0v) is 11.1. The van der Waals surface area contributed by atoms with Gasteiger partial charge in [-0.3, -0.25) is 4.79 Å². The van der Waals surface area contributed by atoms with E-state index in [4.69, 9.17) is 9.47 Å². The molecular weight excluding hydrogens is 234 g/mol. The van der Waals surface area contributed by atoms with Gasteiger partial charge in [0.05, 0.1) is 26.0 Å². The molecule has 1 heterocycles. The third kappa shape index (κ3) is 5.88. The Hall–Kier alpha value is -1.27. The molecule has 0 saturated carbocycles. The van der Waals surface area contributed by atoms with Crippen molar-refractivity contribution in [3.8, 4) is 0 Å². The Labute approximate surface area is 107 Å². The van der Waals surface area contributed by atoms with Crippen molar-refractivity contribution >= 4 is 5.78 Å². The summed E-state index contributed by atoms with van der Waals surface area (Å²) in [6.45, 7) is 6.31. The number of hydrogen-bond donors (Lipinski definition) is 0. The predicted molar refractivity (Wildman–Crippen MR) is 66.1 cm³/mol. The second-order valence-electron chi connectivity index (χ2n) is 3.95. The summed E-state index contributed by atoms with van der Waals surface area (Å²) in [6.07, 6.45) is 3.28. The molecule has 0 bridgehead atoms. The Morgan fingerprint density at radius 2 is 2.22 bits per heavy atom. The Bertz CT molecular complexity index is 352. The van der Waals surface area contributed by atoms with Crippen LogP contribution in [0.2, 0.25) is 0 Å². The van der Waals surface area contributed by atoms with Gasteiger partial charge < -0.3 is 9.47 Å². The SMILES string of the molecule is CCCC(=O)COCCn1cc(COCC)nn1. The smallest absolute Gasteiger partial charge is 0.158 e. The molecule has 1 rings (SSSR count). The molecule has 0 aliphatic rings. The molecule has 6 heteroatoms. The van der Waals surface area contributed by atoms with Crippen LogP contribution in [-0.4, -0.2) is 40.6 Å². The third-order valence-corrected chi connectivity index (χ3v) is 2.30. The molecule has 0 atom stereocenters. The second-order valence-corrected chi connectivity index (χ2v) is 3.95. The molecule has 0 aliphatic carbocycles. The summed E-state index contributed by atoms with van der Waals surface area (Å²) in [5, 5.41) is 7.91. The minimum Gasteiger partial charge on any atom is -0.375 e. The normalized spacial score (nSPS) is 10.8. The van der Waals surface area contributed by atoms with Gasteiger partial charge in [-0.1, -0.05) is 12.1 Å². The van der Waals surface area contributed by atoms with Crippen LogP contribution in [0.15, 0.2) is 6.20 Å². The fourth-order valence-electron chi connectivity index (χ4n) is 1.42. The van der Waals surface area contributed by atoms with Gasteiger partial charge in [0.2, 0.25) is 0 Å². The van der Waals surface area contributed by atoms with Gasteiger partial charge in [-0.15, -0.1) is 5.10 Å². The zero-order valence-electron chi connectivity index (χ0n) is 11.1. The van der Waals surface area contributed by atoms with E-state index in [1.54, 1.807) is 4.68 Å². The van der Waals surface area contributed by atoms with E-state index in [2.05, 4.69) is 10.3 Å². The summed E-state index contributed by atoms with van der Waals surface area (Å²) in [4.78, 5) is 11.2. The molecule has 0 aliphatic heterocycles. The number of hydrogen-bond acceptors (Lipinski definition) is 5. The van der Waals surface area contributed by atoms with Crippen LogP contribution < -0.4 is 0 Å². The molecule has 1 aromatic heterocycles. The molecule has 0 radical (unpaired) electrons. The van der Waals surface area contributed by atoms with E-state index in [0.717, 1.165) is 12.1 Å². The highest BCUT2D eigenvalue weighted by molar-refractivity contribution is 5.79. The first-order chi connectivity index (χ1) is 8.76. The van der Waals surface area contributed by atoms with Crippen molar-refractivity contribution in [3.05, 3.63) is 11.9 Å². The maximum absolute atomic E-state index is 11.2. The maximum atomic E-state index is 11.2. The van der Waals surface area contributed by atoms with Gasteiger partial charge in [-0.25, -0.2) is 4.68 Å². The Balaban J connectivity index is 2.15. The first-order valence-electron chi connectivity index (χ1n) is 6.32. The highest BCUT2D eigenvalue weighted by Crippen LogP contribution is 1.96. The number of carbonyl (C=O) groups excluding carboxylic acids is 1. The minimum atomic E-state index is 0.146. The highest BCUT2D eigenvalue weighted by atomic mass is 16.5. The van der Waals surface area contributed by atoms with Crippen molar-refractivity contribution in [1.29, 1.82) is 0 Å². The molecule has 0 amide bonds. The van der Waals surface area contributed by atoms with Crippen molar-refractivity contribution in [3.63, 3.8) is 0 Å². The molecular formula is C12H21N3O3. The highest BCUT2D eigenvalue weighted by Gasteiger charge is 2.02. The van der Waals surface area contributed by atoms with Crippen molar-refractivity contribution in [2.24, 2.45) is 0 Å². The Morgan fingerprint density at radius 1 is 1.39 bits per heavy atom. The average Bonchev–Trinajstić information content (AvgIpc) is 2.80. The number of aromatic nitrogens is 3. The van der Waals surface area contributed by atoms with Crippen molar-refractivity contribution in [2.45, 2.75) is 39.8 Å². The Kier molecular flexibility index (Phi) is 7.20. The van der Waals surface area contributed by atoms with Crippen molar-refractivity contribution in [1.82, 2.24) is 15.0 Å². The zero-order chi connectivity index (χ0) is 13.2. The summed E-state index contributed by atoms with van der Waals surface area (Å²) >= 11 is 0. The van der Waals surface area contributed by atoms with Gasteiger partial charge in [-0.05, 0) is 13.3 Å². The van der Waals surface area contributed by atoms with E-state index in [9.17, 15) is 4.79 Å². The van der Waals surface area contributed by atoms with E-state index in [-0.39, 0.29) is 12.4 Å². The first-order valence-corrected chi connectivity index (χ1v) is 6.32. The molecule has 0 fully saturated rings. The summed E-state index contributed by atoms with van der Waals surface area (Å²) < 4.78 is 12.2. The number of ether oxygens (including phenoxy) is 2. The lowest BCUT2D eigenvalue weighted by Crippen LogP contribution is -2.12. The maximum Gasteiger partial charge on any atom is 0.158 e. The van der Waals surface area contributed by atoms with E-state index < -0.39 is 0 Å². The summed E-state index contributed by atoms with van der Waals surface area (Å²) in [5.74, 6) is 0.146. The van der Waals surface area contributed by atoms with Gasteiger partial charge >= 0.3 is 0 Å². The van der Waals surface area contributed by atoms with Crippen molar-refractivity contribution in [2.75, 3.05) is 19.8 Å². The van der Waals surface area contributed by atoms with Crippen LogP contribution in [0.4, 0.5) is 0 Å². The predicted octanol–water partition coefficient (Wildman–Crippen LogP) is 1.20. The van der Waals surface area contributed by atoms with Crippen LogP contribution in [0.1, 0.15) is 32.4 Å².